The number of hydrogen-bond donors (Lipinski definition) is 0. The molecular weight excluding hydrogens is 369 g/mol. The van der Waals surface area contributed by atoms with Gasteiger partial charge in [0, 0.05) is 12.3 Å². The maximum atomic E-state index is 14.7. The average Bonchev–Trinajstić information content (AvgIpc) is 2.66. The summed E-state index contributed by atoms with van der Waals surface area (Å²) in [5, 5.41) is -0.0347. The molecule has 3 rings (SSSR count). The van der Waals surface area contributed by atoms with E-state index < -0.39 is 24.1 Å². The maximum Gasteiger partial charge on any atom is 0.254 e. The molecule has 0 atom stereocenters. The highest BCUT2D eigenvalue weighted by atomic mass is 35.5. The predicted molar refractivity (Wildman–Crippen MR) is 105 cm³/mol. The Kier molecular flexibility index (Phi) is 6.52. The number of alkyl halides is 2. The second kappa shape index (κ2) is 8.68. The first-order valence-corrected chi connectivity index (χ1v) is 10.2. The molecule has 1 fully saturated rings. The van der Waals surface area contributed by atoms with Crippen LogP contribution in [0.25, 0.3) is 0 Å². The lowest BCUT2D eigenvalue weighted by atomic mass is 9.75. The van der Waals surface area contributed by atoms with Crippen molar-refractivity contribution in [3.63, 3.8) is 0 Å². The first-order chi connectivity index (χ1) is 12.9. The van der Waals surface area contributed by atoms with E-state index in [1.165, 1.54) is 23.3 Å². The molecule has 0 aromatic heterocycles. The van der Waals surface area contributed by atoms with E-state index in [2.05, 4.69) is 31.2 Å². The molecule has 0 N–H and O–H groups in total. The molecule has 0 nitrogen and oxygen atoms in total. The lowest BCUT2D eigenvalue weighted by Gasteiger charge is -2.34. The van der Waals surface area contributed by atoms with Crippen molar-refractivity contribution in [3.8, 4) is 0 Å². The van der Waals surface area contributed by atoms with E-state index in [0.29, 0.717) is 24.3 Å². The number of halogens is 4. The van der Waals surface area contributed by atoms with Gasteiger partial charge in [-0.25, -0.2) is 13.2 Å². The van der Waals surface area contributed by atoms with E-state index in [0.717, 1.165) is 31.7 Å². The quantitative estimate of drug-likeness (QED) is 0.473. The Morgan fingerprint density at radius 1 is 0.963 bits per heavy atom. The van der Waals surface area contributed by atoms with Crippen molar-refractivity contribution in [2.75, 3.05) is 0 Å². The van der Waals surface area contributed by atoms with Gasteiger partial charge in [-0.15, -0.1) is 0 Å². The molecule has 0 radical (unpaired) electrons. The largest absolute Gasteiger partial charge is 0.254 e. The monoisotopic (exact) mass is 394 g/mol. The molecule has 0 unspecified atom stereocenters. The first kappa shape index (κ1) is 20.3. The number of benzene rings is 2. The summed E-state index contributed by atoms with van der Waals surface area (Å²) in [5.74, 6) is -3.75. The average molecular weight is 395 g/mol. The fraction of sp³-hybridized carbons (Fsp3) is 0.478. The molecule has 0 heterocycles. The summed E-state index contributed by atoms with van der Waals surface area (Å²) in [6.07, 6.45) is 4.34. The molecule has 0 amide bonds. The minimum atomic E-state index is -2.82. The number of rotatable bonds is 6. The fourth-order valence-corrected chi connectivity index (χ4v) is 4.28. The van der Waals surface area contributed by atoms with Crippen molar-refractivity contribution in [1.29, 1.82) is 0 Å². The SMILES string of the molecule is CCCc1ccc(C2CCC(C(F)(F)Cc3ccc(Cl)c(F)c3)CC2)cc1. The Morgan fingerprint density at radius 3 is 2.19 bits per heavy atom. The molecule has 0 bridgehead atoms. The Hall–Kier alpha value is -1.48. The van der Waals surface area contributed by atoms with Gasteiger partial charge in [-0.1, -0.05) is 55.3 Å². The minimum Gasteiger partial charge on any atom is -0.206 e. The molecule has 1 aliphatic carbocycles. The second-order valence-electron chi connectivity index (χ2n) is 7.73. The zero-order valence-corrected chi connectivity index (χ0v) is 16.4. The molecule has 0 spiro atoms. The maximum absolute atomic E-state index is 14.7. The summed E-state index contributed by atoms with van der Waals surface area (Å²) in [4.78, 5) is 0. The Bertz CT molecular complexity index is 747. The molecule has 146 valence electrons. The van der Waals surface area contributed by atoms with Crippen LogP contribution in [0.2, 0.25) is 5.02 Å². The summed E-state index contributed by atoms with van der Waals surface area (Å²) in [5.41, 5.74) is 2.89. The van der Waals surface area contributed by atoms with Crippen LogP contribution in [0.5, 0.6) is 0 Å². The second-order valence-corrected chi connectivity index (χ2v) is 8.13. The van der Waals surface area contributed by atoms with Crippen molar-refractivity contribution in [2.24, 2.45) is 5.92 Å². The highest BCUT2D eigenvalue weighted by Crippen LogP contribution is 2.43. The Morgan fingerprint density at radius 2 is 1.59 bits per heavy atom. The molecule has 0 aliphatic heterocycles. The van der Waals surface area contributed by atoms with Gasteiger partial charge in [0.15, 0.2) is 0 Å². The summed E-state index contributed by atoms with van der Waals surface area (Å²) < 4.78 is 43.0. The summed E-state index contributed by atoms with van der Waals surface area (Å²) >= 11 is 5.64. The van der Waals surface area contributed by atoms with Crippen LogP contribution in [0.3, 0.4) is 0 Å². The van der Waals surface area contributed by atoms with E-state index in [-0.39, 0.29) is 5.02 Å². The lowest BCUT2D eigenvalue weighted by Crippen LogP contribution is -2.33. The van der Waals surface area contributed by atoms with Crippen LogP contribution in [-0.4, -0.2) is 5.92 Å². The lowest BCUT2D eigenvalue weighted by molar-refractivity contribution is -0.0715. The van der Waals surface area contributed by atoms with Gasteiger partial charge in [0.1, 0.15) is 5.82 Å². The molecule has 2 aromatic rings. The van der Waals surface area contributed by atoms with Crippen molar-refractivity contribution in [3.05, 3.63) is 70.0 Å². The zero-order valence-electron chi connectivity index (χ0n) is 15.7. The van der Waals surface area contributed by atoms with Gasteiger partial charge >= 0.3 is 0 Å². The van der Waals surface area contributed by atoms with Gasteiger partial charge in [0.25, 0.3) is 5.92 Å². The Balaban J connectivity index is 1.59. The smallest absolute Gasteiger partial charge is 0.206 e. The van der Waals surface area contributed by atoms with Crippen LogP contribution in [0, 0.1) is 11.7 Å². The minimum absolute atomic E-state index is 0.0347. The molecule has 1 aliphatic rings. The fourth-order valence-electron chi connectivity index (χ4n) is 4.16. The summed E-state index contributed by atoms with van der Waals surface area (Å²) in [6.45, 7) is 2.16. The molecule has 4 heteroatoms. The van der Waals surface area contributed by atoms with Crippen molar-refractivity contribution < 1.29 is 13.2 Å². The van der Waals surface area contributed by atoms with Gasteiger partial charge in [-0.2, -0.15) is 0 Å². The first-order valence-electron chi connectivity index (χ1n) is 9.79. The molecular formula is C23H26ClF3. The summed E-state index contributed by atoms with van der Waals surface area (Å²) in [6, 6.07) is 12.6. The van der Waals surface area contributed by atoms with Crippen LogP contribution in [0.4, 0.5) is 13.2 Å². The van der Waals surface area contributed by atoms with Crippen LogP contribution < -0.4 is 0 Å². The Labute approximate surface area is 164 Å². The van der Waals surface area contributed by atoms with Crippen molar-refractivity contribution in [1.82, 2.24) is 0 Å². The van der Waals surface area contributed by atoms with E-state index in [1.54, 1.807) is 0 Å². The number of aryl methyl sites for hydroxylation is 1. The number of hydrogen-bond acceptors (Lipinski definition) is 0. The predicted octanol–water partition coefficient (Wildman–Crippen LogP) is 7.58. The van der Waals surface area contributed by atoms with E-state index >= 15 is 0 Å². The van der Waals surface area contributed by atoms with Gasteiger partial charge < -0.3 is 0 Å². The topological polar surface area (TPSA) is 0 Å². The van der Waals surface area contributed by atoms with Crippen LogP contribution >= 0.6 is 11.6 Å². The molecule has 0 saturated heterocycles. The van der Waals surface area contributed by atoms with Gasteiger partial charge in [0.05, 0.1) is 5.02 Å². The van der Waals surface area contributed by atoms with E-state index in [9.17, 15) is 13.2 Å². The van der Waals surface area contributed by atoms with Crippen LogP contribution in [0.15, 0.2) is 42.5 Å². The van der Waals surface area contributed by atoms with Crippen LogP contribution in [0.1, 0.15) is 61.6 Å². The van der Waals surface area contributed by atoms with E-state index in [4.69, 9.17) is 11.6 Å². The van der Waals surface area contributed by atoms with Gasteiger partial charge in [-0.3, -0.25) is 0 Å². The highest BCUT2D eigenvalue weighted by molar-refractivity contribution is 6.30. The van der Waals surface area contributed by atoms with Crippen molar-refractivity contribution in [2.45, 2.75) is 63.7 Å². The van der Waals surface area contributed by atoms with Crippen LogP contribution in [-0.2, 0) is 12.8 Å². The van der Waals surface area contributed by atoms with Gasteiger partial charge in [-0.05, 0) is 66.8 Å². The third kappa shape index (κ3) is 5.07. The molecule has 2 aromatic carbocycles. The highest BCUT2D eigenvalue weighted by Gasteiger charge is 2.41. The van der Waals surface area contributed by atoms with Gasteiger partial charge in [0.2, 0.25) is 0 Å². The normalized spacial score (nSPS) is 20.6. The standard InChI is InChI=1S/C23H26ClF3/c1-2-3-16-4-7-18(8-5-16)19-9-11-20(12-10-19)23(26,27)15-17-6-13-21(24)22(25)14-17/h4-8,13-14,19-20H,2-3,9-12,15H2,1H3. The molecule has 27 heavy (non-hydrogen) atoms. The third-order valence-corrected chi connectivity index (χ3v) is 6.04. The van der Waals surface area contributed by atoms with E-state index in [1.807, 2.05) is 0 Å². The molecule has 1 saturated carbocycles. The van der Waals surface area contributed by atoms with Crippen molar-refractivity contribution >= 4 is 11.6 Å². The third-order valence-electron chi connectivity index (χ3n) is 5.74. The summed E-state index contributed by atoms with van der Waals surface area (Å²) in [7, 11) is 0. The zero-order chi connectivity index (χ0) is 19.4.